The number of phenols is 1. The van der Waals surface area contributed by atoms with Gasteiger partial charge < -0.3 is 31.1 Å². The van der Waals surface area contributed by atoms with Crippen molar-refractivity contribution in [3.63, 3.8) is 0 Å². The van der Waals surface area contributed by atoms with Gasteiger partial charge in [-0.2, -0.15) is 0 Å². The van der Waals surface area contributed by atoms with Gasteiger partial charge in [-0.15, -0.1) is 0 Å². The lowest BCUT2D eigenvalue weighted by atomic mass is 9.99. The molecule has 10 heteroatoms. The van der Waals surface area contributed by atoms with Gasteiger partial charge in [0.15, 0.2) is 9.84 Å². The van der Waals surface area contributed by atoms with Crippen molar-refractivity contribution in [3.05, 3.63) is 70.8 Å². The third kappa shape index (κ3) is 6.40. The maximum absolute atomic E-state index is 12.0. The fraction of sp³-hybridized carbons (Fsp3) is 0.296. The van der Waals surface area contributed by atoms with E-state index < -0.39 is 38.6 Å². The van der Waals surface area contributed by atoms with Crippen LogP contribution in [0.5, 0.6) is 11.5 Å². The van der Waals surface area contributed by atoms with Crippen LogP contribution in [0.1, 0.15) is 40.1 Å². The molecule has 0 aliphatic rings. The Morgan fingerprint density at radius 3 is 2.19 bits per heavy atom. The molecule has 3 rings (SSSR count). The van der Waals surface area contributed by atoms with Gasteiger partial charge in [-0.05, 0) is 73.4 Å². The smallest absolute Gasteiger partial charge is 0.335 e. The summed E-state index contributed by atoms with van der Waals surface area (Å²) in [4.78, 5) is 10.7. The maximum Gasteiger partial charge on any atom is 0.335 e. The molecule has 0 saturated carbocycles. The van der Waals surface area contributed by atoms with Crippen molar-refractivity contribution in [3.8, 4) is 22.6 Å². The molecule has 6 N–H and O–H groups in total. The predicted octanol–water partition coefficient (Wildman–Crippen LogP) is 3.45. The second kappa shape index (κ2) is 11.2. The van der Waals surface area contributed by atoms with Crippen molar-refractivity contribution < 1.29 is 33.3 Å². The molecular formula is C27H32N2O7S. The molecule has 0 heterocycles. The van der Waals surface area contributed by atoms with Crippen LogP contribution in [0.15, 0.2) is 53.4 Å². The number of nitrogen functional groups attached to an aromatic ring is 1. The number of phenolic OH excluding ortho intramolecular Hbond substituents is 1. The van der Waals surface area contributed by atoms with E-state index in [1.165, 1.54) is 12.1 Å². The third-order valence-electron chi connectivity index (χ3n) is 6.11. The van der Waals surface area contributed by atoms with Gasteiger partial charge in [-0.1, -0.05) is 18.2 Å². The minimum atomic E-state index is -3.78. The molecule has 0 aromatic heterocycles. The molecule has 0 bridgehead atoms. The first kappa shape index (κ1) is 28.0. The number of carboxylic acid groups (broad SMARTS) is 1. The van der Waals surface area contributed by atoms with E-state index in [1.54, 1.807) is 31.2 Å². The van der Waals surface area contributed by atoms with E-state index in [-0.39, 0.29) is 16.8 Å². The standard InChI is InChI=1S/C27H32N2O7S/c1-15-13-20(18-5-7-19(8-6-18)27(32)33)14-16(2)25(15)36-12-11-29-17(3)24(31)21-9-10-22(30)26(23(21)28)37(4,34)35/h5-10,13-14,17,24,29-31H,11-12,28H2,1-4H3,(H,32,33)/t17-,24-/m0/s1. The molecule has 3 aromatic rings. The van der Waals surface area contributed by atoms with E-state index in [2.05, 4.69) is 5.32 Å². The summed E-state index contributed by atoms with van der Waals surface area (Å²) in [5, 5.41) is 32.9. The van der Waals surface area contributed by atoms with Crippen LogP contribution in [-0.4, -0.2) is 55.2 Å². The van der Waals surface area contributed by atoms with Gasteiger partial charge >= 0.3 is 5.97 Å². The molecule has 9 nitrogen and oxygen atoms in total. The topological polar surface area (TPSA) is 159 Å². The number of hydrogen-bond donors (Lipinski definition) is 5. The Morgan fingerprint density at radius 1 is 1.05 bits per heavy atom. The molecule has 0 aliphatic heterocycles. The zero-order valence-electron chi connectivity index (χ0n) is 21.1. The molecule has 0 amide bonds. The lowest BCUT2D eigenvalue weighted by Crippen LogP contribution is -2.35. The van der Waals surface area contributed by atoms with Crippen molar-refractivity contribution in [1.82, 2.24) is 5.32 Å². The van der Waals surface area contributed by atoms with E-state index in [1.807, 2.05) is 26.0 Å². The molecule has 0 unspecified atom stereocenters. The number of rotatable bonds is 10. The second-order valence-electron chi connectivity index (χ2n) is 9.05. The summed E-state index contributed by atoms with van der Waals surface area (Å²) in [5.74, 6) is -0.691. The minimum Gasteiger partial charge on any atom is -0.507 e. The molecule has 0 saturated heterocycles. The monoisotopic (exact) mass is 528 g/mol. The highest BCUT2D eigenvalue weighted by Gasteiger charge is 2.25. The van der Waals surface area contributed by atoms with Gasteiger partial charge in [0.25, 0.3) is 0 Å². The first-order valence-corrected chi connectivity index (χ1v) is 13.5. The Balaban J connectivity index is 1.63. The van der Waals surface area contributed by atoms with Crippen molar-refractivity contribution in [2.45, 2.75) is 37.8 Å². The third-order valence-corrected chi connectivity index (χ3v) is 7.28. The number of nitrogens with two attached hydrogens (primary N) is 1. The van der Waals surface area contributed by atoms with Gasteiger partial charge in [0.05, 0.1) is 17.4 Å². The molecule has 198 valence electrons. The van der Waals surface area contributed by atoms with E-state index in [0.29, 0.717) is 13.2 Å². The van der Waals surface area contributed by atoms with Crippen LogP contribution in [-0.2, 0) is 9.84 Å². The average Bonchev–Trinajstić information content (AvgIpc) is 2.81. The van der Waals surface area contributed by atoms with Crippen LogP contribution in [0.25, 0.3) is 11.1 Å². The number of sulfone groups is 1. The Bertz CT molecular complexity index is 1380. The predicted molar refractivity (Wildman–Crippen MR) is 142 cm³/mol. The van der Waals surface area contributed by atoms with Crippen LogP contribution in [0.3, 0.4) is 0 Å². The Hall–Kier alpha value is -3.60. The number of ether oxygens (including phenoxy) is 1. The number of aryl methyl sites for hydroxylation is 2. The van der Waals surface area contributed by atoms with Gasteiger partial charge in [0, 0.05) is 24.4 Å². The molecule has 3 aromatic carbocycles. The zero-order valence-corrected chi connectivity index (χ0v) is 22.0. The number of hydrogen-bond acceptors (Lipinski definition) is 8. The molecule has 37 heavy (non-hydrogen) atoms. The normalized spacial score (nSPS) is 13.2. The Labute approximate surface area is 216 Å². The lowest BCUT2D eigenvalue weighted by Gasteiger charge is -2.23. The van der Waals surface area contributed by atoms with Crippen LogP contribution in [0, 0.1) is 13.8 Å². The number of aliphatic hydroxyl groups excluding tert-OH is 1. The molecule has 0 fully saturated rings. The number of aromatic carboxylic acids is 1. The number of anilines is 1. The van der Waals surface area contributed by atoms with Crippen LogP contribution >= 0.6 is 0 Å². The van der Waals surface area contributed by atoms with Crippen LogP contribution < -0.4 is 15.8 Å². The number of benzene rings is 3. The summed E-state index contributed by atoms with van der Waals surface area (Å²) in [6.45, 7) is 6.31. The summed E-state index contributed by atoms with van der Waals surface area (Å²) >= 11 is 0. The van der Waals surface area contributed by atoms with Crippen molar-refractivity contribution in [2.75, 3.05) is 25.1 Å². The number of nitrogens with one attached hydrogen (secondary N) is 1. The molecular weight excluding hydrogens is 496 g/mol. The largest absolute Gasteiger partial charge is 0.507 e. The molecule has 0 radical (unpaired) electrons. The average molecular weight is 529 g/mol. The number of carboxylic acids is 1. The fourth-order valence-electron chi connectivity index (χ4n) is 4.22. The quantitative estimate of drug-likeness (QED) is 0.196. The first-order valence-electron chi connectivity index (χ1n) is 11.6. The highest BCUT2D eigenvalue weighted by molar-refractivity contribution is 7.91. The highest BCUT2D eigenvalue weighted by Crippen LogP contribution is 2.35. The Kier molecular flexibility index (Phi) is 8.47. The summed E-state index contributed by atoms with van der Waals surface area (Å²) in [6, 6.07) is 12.8. The summed E-state index contributed by atoms with van der Waals surface area (Å²) < 4.78 is 30.0. The van der Waals surface area contributed by atoms with E-state index in [9.17, 15) is 23.4 Å². The molecule has 0 aliphatic carbocycles. The van der Waals surface area contributed by atoms with Crippen molar-refractivity contribution in [1.29, 1.82) is 0 Å². The fourth-order valence-corrected chi connectivity index (χ4v) is 5.19. The van der Waals surface area contributed by atoms with Crippen molar-refractivity contribution >= 4 is 21.5 Å². The van der Waals surface area contributed by atoms with Crippen LogP contribution in [0.2, 0.25) is 0 Å². The van der Waals surface area contributed by atoms with E-state index in [4.69, 9.17) is 15.6 Å². The number of aromatic hydroxyl groups is 1. The number of carbonyl (C=O) groups is 1. The summed E-state index contributed by atoms with van der Waals surface area (Å²) in [6.07, 6.45) is -0.171. The van der Waals surface area contributed by atoms with Gasteiger partial charge in [-0.25, -0.2) is 13.2 Å². The van der Waals surface area contributed by atoms with E-state index in [0.717, 1.165) is 34.3 Å². The van der Waals surface area contributed by atoms with Gasteiger partial charge in [-0.3, -0.25) is 0 Å². The van der Waals surface area contributed by atoms with E-state index >= 15 is 0 Å². The number of aliphatic hydroxyl groups is 1. The second-order valence-corrected chi connectivity index (χ2v) is 11.0. The summed E-state index contributed by atoms with van der Waals surface area (Å²) in [7, 11) is -3.78. The SMILES string of the molecule is Cc1cc(-c2ccc(C(=O)O)cc2)cc(C)c1OCCN[C@@H](C)[C@H](O)c1ccc(O)c(S(C)(=O)=O)c1N. The first-order chi connectivity index (χ1) is 17.3. The molecule has 2 atom stereocenters. The summed E-state index contributed by atoms with van der Waals surface area (Å²) in [5.41, 5.74) is 9.94. The van der Waals surface area contributed by atoms with Crippen molar-refractivity contribution in [2.24, 2.45) is 0 Å². The molecule has 0 spiro atoms. The van der Waals surface area contributed by atoms with Gasteiger partial charge in [0.1, 0.15) is 23.0 Å². The Morgan fingerprint density at radius 2 is 1.65 bits per heavy atom. The maximum atomic E-state index is 12.0. The lowest BCUT2D eigenvalue weighted by molar-refractivity contribution is 0.0697. The zero-order chi connectivity index (χ0) is 27.5. The minimum absolute atomic E-state index is 0.177. The highest BCUT2D eigenvalue weighted by atomic mass is 32.2. The van der Waals surface area contributed by atoms with Crippen LogP contribution in [0.4, 0.5) is 5.69 Å². The van der Waals surface area contributed by atoms with Gasteiger partial charge in [0.2, 0.25) is 0 Å².